The lowest BCUT2D eigenvalue weighted by Crippen LogP contribution is -2.07. The summed E-state index contributed by atoms with van der Waals surface area (Å²) in [6.45, 7) is 1.98. The first-order valence-corrected chi connectivity index (χ1v) is 7.30. The minimum absolute atomic E-state index is 0.00454. The number of hydrogen-bond acceptors (Lipinski definition) is 4. The van der Waals surface area contributed by atoms with Crippen LogP contribution in [0.2, 0.25) is 0 Å². The van der Waals surface area contributed by atoms with E-state index in [2.05, 4.69) is 10.3 Å². The van der Waals surface area contributed by atoms with Crippen molar-refractivity contribution in [1.29, 1.82) is 0 Å². The summed E-state index contributed by atoms with van der Waals surface area (Å²) in [6.07, 6.45) is 0.500. The lowest BCUT2D eigenvalue weighted by Gasteiger charge is -2.07. The van der Waals surface area contributed by atoms with E-state index in [-0.39, 0.29) is 5.69 Å². The number of rotatable bonds is 4. The SMILES string of the molecule is Cc1cccc(-n2nnc(C(=O)O)c2Cc2cccs2)c1. The molecular formula is C15H13N3O2S. The second kappa shape index (κ2) is 5.49. The molecule has 1 aromatic carbocycles. The highest BCUT2D eigenvalue weighted by atomic mass is 32.1. The highest BCUT2D eigenvalue weighted by molar-refractivity contribution is 7.09. The van der Waals surface area contributed by atoms with Crippen LogP contribution in [-0.2, 0) is 6.42 Å². The van der Waals surface area contributed by atoms with Crippen molar-refractivity contribution in [3.63, 3.8) is 0 Å². The molecule has 106 valence electrons. The zero-order valence-electron chi connectivity index (χ0n) is 11.4. The van der Waals surface area contributed by atoms with E-state index in [1.165, 1.54) is 0 Å². The number of hydrogen-bond donors (Lipinski definition) is 1. The number of nitrogens with zero attached hydrogens (tertiary/aromatic N) is 3. The van der Waals surface area contributed by atoms with E-state index in [1.54, 1.807) is 16.0 Å². The van der Waals surface area contributed by atoms with Crippen LogP contribution in [-0.4, -0.2) is 26.1 Å². The van der Waals surface area contributed by atoms with E-state index in [1.807, 2.05) is 48.7 Å². The molecule has 1 N–H and O–H groups in total. The second-order valence-corrected chi connectivity index (χ2v) is 5.73. The molecule has 0 unspecified atom stereocenters. The third-order valence-electron chi connectivity index (χ3n) is 3.13. The van der Waals surface area contributed by atoms with Crippen LogP contribution < -0.4 is 0 Å². The van der Waals surface area contributed by atoms with Gasteiger partial charge in [0.1, 0.15) is 0 Å². The van der Waals surface area contributed by atoms with E-state index in [4.69, 9.17) is 0 Å². The zero-order valence-corrected chi connectivity index (χ0v) is 12.2. The van der Waals surface area contributed by atoms with Gasteiger partial charge in [0, 0.05) is 11.3 Å². The zero-order chi connectivity index (χ0) is 14.8. The van der Waals surface area contributed by atoms with Crippen molar-refractivity contribution < 1.29 is 9.90 Å². The van der Waals surface area contributed by atoms with Gasteiger partial charge in [0.2, 0.25) is 0 Å². The van der Waals surface area contributed by atoms with E-state index < -0.39 is 5.97 Å². The molecule has 0 aliphatic heterocycles. The third-order valence-corrected chi connectivity index (χ3v) is 4.01. The fraction of sp³-hybridized carbons (Fsp3) is 0.133. The first-order valence-electron chi connectivity index (χ1n) is 6.42. The molecule has 2 aromatic heterocycles. The molecular weight excluding hydrogens is 286 g/mol. The average Bonchev–Trinajstić information content (AvgIpc) is 3.08. The minimum Gasteiger partial charge on any atom is -0.476 e. The van der Waals surface area contributed by atoms with Gasteiger partial charge in [-0.05, 0) is 36.1 Å². The number of aryl methyl sites for hydroxylation is 1. The van der Waals surface area contributed by atoms with Crippen LogP contribution in [0.5, 0.6) is 0 Å². The van der Waals surface area contributed by atoms with Gasteiger partial charge in [-0.3, -0.25) is 0 Å². The van der Waals surface area contributed by atoms with Crippen LogP contribution in [0, 0.1) is 6.92 Å². The van der Waals surface area contributed by atoms with E-state index >= 15 is 0 Å². The van der Waals surface area contributed by atoms with Gasteiger partial charge in [0.15, 0.2) is 5.69 Å². The largest absolute Gasteiger partial charge is 0.476 e. The van der Waals surface area contributed by atoms with Gasteiger partial charge in [-0.1, -0.05) is 23.4 Å². The molecule has 0 aliphatic carbocycles. The second-order valence-electron chi connectivity index (χ2n) is 4.70. The monoisotopic (exact) mass is 299 g/mol. The first kappa shape index (κ1) is 13.5. The molecule has 0 amide bonds. The summed E-state index contributed by atoms with van der Waals surface area (Å²) in [5, 5.41) is 19.1. The Bertz CT molecular complexity index is 778. The van der Waals surface area contributed by atoms with Crippen molar-refractivity contribution in [2.24, 2.45) is 0 Å². The topological polar surface area (TPSA) is 68.0 Å². The molecule has 0 bridgehead atoms. The van der Waals surface area contributed by atoms with Crippen LogP contribution in [0.15, 0.2) is 41.8 Å². The molecule has 0 spiro atoms. The maximum absolute atomic E-state index is 11.3. The third kappa shape index (κ3) is 2.71. The van der Waals surface area contributed by atoms with E-state index in [9.17, 15) is 9.90 Å². The van der Waals surface area contributed by atoms with Crippen LogP contribution in [0.1, 0.15) is 26.6 Å². The molecule has 5 nitrogen and oxygen atoms in total. The summed E-state index contributed by atoms with van der Waals surface area (Å²) in [5.74, 6) is -1.06. The Hall–Kier alpha value is -2.47. The molecule has 3 rings (SSSR count). The fourth-order valence-corrected chi connectivity index (χ4v) is 2.88. The van der Waals surface area contributed by atoms with Crippen LogP contribution in [0.3, 0.4) is 0 Å². The van der Waals surface area contributed by atoms with Crippen molar-refractivity contribution >= 4 is 17.3 Å². The van der Waals surface area contributed by atoms with Crippen LogP contribution in [0.4, 0.5) is 0 Å². The van der Waals surface area contributed by atoms with Crippen molar-refractivity contribution in [3.05, 3.63) is 63.6 Å². The number of aromatic nitrogens is 3. The van der Waals surface area contributed by atoms with Gasteiger partial charge in [0.25, 0.3) is 0 Å². The highest BCUT2D eigenvalue weighted by Gasteiger charge is 2.20. The Kier molecular flexibility index (Phi) is 3.53. The van der Waals surface area contributed by atoms with E-state index in [0.717, 1.165) is 16.1 Å². The van der Waals surface area contributed by atoms with Crippen molar-refractivity contribution in [2.75, 3.05) is 0 Å². The predicted molar refractivity (Wildman–Crippen MR) is 80.2 cm³/mol. The van der Waals surface area contributed by atoms with E-state index in [0.29, 0.717) is 12.1 Å². The van der Waals surface area contributed by atoms with Crippen molar-refractivity contribution in [1.82, 2.24) is 15.0 Å². The van der Waals surface area contributed by atoms with Crippen LogP contribution in [0.25, 0.3) is 5.69 Å². The van der Waals surface area contributed by atoms with Gasteiger partial charge in [-0.2, -0.15) is 0 Å². The lowest BCUT2D eigenvalue weighted by molar-refractivity contribution is 0.0689. The van der Waals surface area contributed by atoms with Crippen molar-refractivity contribution in [2.45, 2.75) is 13.3 Å². The van der Waals surface area contributed by atoms with Gasteiger partial charge in [0.05, 0.1) is 11.4 Å². The molecule has 21 heavy (non-hydrogen) atoms. The Labute approximate surface area is 125 Å². The molecule has 0 atom stereocenters. The number of carboxylic acid groups (broad SMARTS) is 1. The van der Waals surface area contributed by atoms with Gasteiger partial charge in [-0.15, -0.1) is 16.4 Å². The molecule has 0 saturated heterocycles. The Morgan fingerprint density at radius 2 is 2.19 bits per heavy atom. The summed E-state index contributed by atoms with van der Waals surface area (Å²) in [6, 6.07) is 11.7. The van der Waals surface area contributed by atoms with Gasteiger partial charge >= 0.3 is 5.97 Å². The first-order chi connectivity index (χ1) is 10.1. The summed E-state index contributed by atoms with van der Waals surface area (Å²) >= 11 is 1.59. The maximum atomic E-state index is 11.3. The molecule has 0 fully saturated rings. The summed E-state index contributed by atoms with van der Waals surface area (Å²) in [4.78, 5) is 12.4. The molecule has 0 aliphatic rings. The quantitative estimate of drug-likeness (QED) is 0.804. The molecule has 0 radical (unpaired) electrons. The molecule has 6 heteroatoms. The molecule has 2 heterocycles. The summed E-state index contributed by atoms with van der Waals surface area (Å²) < 4.78 is 1.61. The number of carbonyl (C=O) groups is 1. The smallest absolute Gasteiger partial charge is 0.358 e. The lowest BCUT2D eigenvalue weighted by atomic mass is 10.2. The Morgan fingerprint density at radius 1 is 1.33 bits per heavy atom. The molecule has 0 saturated carbocycles. The minimum atomic E-state index is -1.06. The average molecular weight is 299 g/mol. The standard InChI is InChI=1S/C15H13N3O2S/c1-10-4-2-5-11(8-10)18-13(9-12-6-3-7-21-12)14(15(19)20)16-17-18/h2-8H,9H2,1H3,(H,19,20). The fourth-order valence-electron chi connectivity index (χ4n) is 2.17. The highest BCUT2D eigenvalue weighted by Crippen LogP contribution is 2.20. The summed E-state index contributed by atoms with van der Waals surface area (Å²) in [5.41, 5.74) is 2.50. The number of benzene rings is 1. The normalized spacial score (nSPS) is 10.7. The number of thiophene rings is 1. The predicted octanol–water partition coefficient (Wildman–Crippen LogP) is 2.93. The molecule has 3 aromatic rings. The van der Waals surface area contributed by atoms with Crippen LogP contribution >= 0.6 is 11.3 Å². The van der Waals surface area contributed by atoms with Gasteiger partial charge in [-0.25, -0.2) is 9.48 Å². The summed E-state index contributed by atoms with van der Waals surface area (Å²) in [7, 11) is 0. The Balaban J connectivity index is 2.10. The van der Waals surface area contributed by atoms with Crippen molar-refractivity contribution in [3.8, 4) is 5.69 Å². The maximum Gasteiger partial charge on any atom is 0.358 e. The Morgan fingerprint density at radius 3 is 2.86 bits per heavy atom. The number of carboxylic acids is 1. The van der Waals surface area contributed by atoms with Gasteiger partial charge < -0.3 is 5.11 Å². The number of aromatic carboxylic acids is 1.